The van der Waals surface area contributed by atoms with Crippen LogP contribution in [0.4, 0.5) is 14.5 Å². The predicted octanol–water partition coefficient (Wildman–Crippen LogP) is 3.05. The summed E-state index contributed by atoms with van der Waals surface area (Å²) in [5.41, 5.74) is 6.45. The van der Waals surface area contributed by atoms with Gasteiger partial charge in [0, 0.05) is 31.3 Å². The summed E-state index contributed by atoms with van der Waals surface area (Å²) in [6, 6.07) is 1.76. The standard InChI is InChI=1S/C21H23F2N5O4S2/c1-28-19(15-5-3-11(24)7-8-32-15)13(9-25-28)26-20(29)14-10-33-21(27-14)17-12(22)4-6-16(18(17)23)34(2,30)31/h4,6,9-11,15H,3,5,7-8,24H2,1-2H3,(H,26,29). The van der Waals surface area contributed by atoms with Crippen LogP contribution in [0.5, 0.6) is 0 Å². The topological polar surface area (TPSA) is 129 Å². The van der Waals surface area contributed by atoms with E-state index in [0.29, 0.717) is 24.4 Å². The highest BCUT2D eigenvalue weighted by Crippen LogP contribution is 2.34. The van der Waals surface area contributed by atoms with E-state index in [1.54, 1.807) is 11.7 Å². The summed E-state index contributed by atoms with van der Waals surface area (Å²) >= 11 is 0.823. The van der Waals surface area contributed by atoms with Crippen molar-refractivity contribution in [2.45, 2.75) is 36.3 Å². The van der Waals surface area contributed by atoms with Crippen molar-refractivity contribution in [1.82, 2.24) is 14.8 Å². The largest absolute Gasteiger partial charge is 0.372 e. The van der Waals surface area contributed by atoms with Crippen molar-refractivity contribution in [1.29, 1.82) is 0 Å². The third-order valence-electron chi connectivity index (χ3n) is 5.55. The third kappa shape index (κ3) is 4.87. The number of thiazole rings is 1. The molecule has 1 amide bonds. The van der Waals surface area contributed by atoms with Gasteiger partial charge in [0.2, 0.25) is 0 Å². The Bertz CT molecular complexity index is 1340. The number of nitrogens with one attached hydrogen (secondary N) is 1. The molecule has 13 heteroatoms. The molecule has 182 valence electrons. The lowest BCUT2D eigenvalue weighted by Gasteiger charge is -2.17. The summed E-state index contributed by atoms with van der Waals surface area (Å²) in [7, 11) is -2.19. The Morgan fingerprint density at radius 3 is 2.79 bits per heavy atom. The van der Waals surface area contributed by atoms with Gasteiger partial charge in [0.25, 0.3) is 5.91 Å². The van der Waals surface area contributed by atoms with Crippen LogP contribution >= 0.6 is 11.3 Å². The molecule has 1 saturated heterocycles. The van der Waals surface area contributed by atoms with Crippen LogP contribution in [-0.2, 0) is 21.6 Å². The quantitative estimate of drug-likeness (QED) is 0.504. The molecule has 4 rings (SSSR count). The number of sulfone groups is 1. The maximum absolute atomic E-state index is 14.8. The number of nitrogens with zero attached hydrogens (tertiary/aromatic N) is 3. The highest BCUT2D eigenvalue weighted by atomic mass is 32.2. The normalized spacial score (nSPS) is 19.1. The van der Waals surface area contributed by atoms with E-state index >= 15 is 0 Å². The number of rotatable bonds is 5. The van der Waals surface area contributed by atoms with Crippen LogP contribution < -0.4 is 11.1 Å². The van der Waals surface area contributed by atoms with Crippen LogP contribution in [0.15, 0.2) is 28.6 Å². The van der Waals surface area contributed by atoms with Crippen LogP contribution in [0.1, 0.15) is 41.5 Å². The third-order valence-corrected chi connectivity index (χ3v) is 7.53. The Kier molecular flexibility index (Phi) is 6.80. The highest BCUT2D eigenvalue weighted by Gasteiger charge is 2.27. The lowest BCUT2D eigenvalue weighted by Crippen LogP contribution is -2.19. The summed E-state index contributed by atoms with van der Waals surface area (Å²) < 4.78 is 60.3. The van der Waals surface area contributed by atoms with E-state index in [-0.39, 0.29) is 22.8 Å². The van der Waals surface area contributed by atoms with Crippen LogP contribution in [0.25, 0.3) is 10.6 Å². The molecular formula is C21H23F2N5O4S2. The molecular weight excluding hydrogens is 488 g/mol. The monoisotopic (exact) mass is 511 g/mol. The number of anilines is 1. The minimum absolute atomic E-state index is 0.0479. The summed E-state index contributed by atoms with van der Waals surface area (Å²) in [5.74, 6) is -2.84. The first-order chi connectivity index (χ1) is 16.1. The molecule has 0 aliphatic carbocycles. The molecule has 1 aliphatic heterocycles. The van der Waals surface area contributed by atoms with Gasteiger partial charge in [0.1, 0.15) is 27.5 Å². The fraction of sp³-hybridized carbons (Fsp3) is 0.381. The van der Waals surface area contributed by atoms with Gasteiger partial charge in [-0.25, -0.2) is 22.2 Å². The molecule has 2 atom stereocenters. The molecule has 0 spiro atoms. The Morgan fingerprint density at radius 2 is 2.06 bits per heavy atom. The first-order valence-electron chi connectivity index (χ1n) is 10.4. The van der Waals surface area contributed by atoms with Gasteiger partial charge in [-0.15, -0.1) is 11.3 Å². The van der Waals surface area contributed by atoms with E-state index < -0.39 is 37.8 Å². The molecule has 2 aromatic heterocycles. The zero-order valence-corrected chi connectivity index (χ0v) is 20.0. The second-order valence-electron chi connectivity index (χ2n) is 8.05. The van der Waals surface area contributed by atoms with Crippen LogP contribution in [0, 0.1) is 11.6 Å². The average Bonchev–Trinajstić information content (AvgIpc) is 3.31. The molecule has 0 radical (unpaired) electrons. The number of carbonyl (C=O) groups is 1. The zero-order valence-electron chi connectivity index (χ0n) is 18.4. The van der Waals surface area contributed by atoms with E-state index in [1.165, 1.54) is 11.6 Å². The van der Waals surface area contributed by atoms with Gasteiger partial charge in [-0.05, 0) is 31.4 Å². The number of amides is 1. The van der Waals surface area contributed by atoms with Gasteiger partial charge >= 0.3 is 0 Å². The number of benzene rings is 1. The molecule has 1 aromatic carbocycles. The Balaban J connectivity index is 1.60. The fourth-order valence-electron chi connectivity index (χ4n) is 3.79. The molecule has 0 bridgehead atoms. The van der Waals surface area contributed by atoms with Gasteiger partial charge in [-0.3, -0.25) is 9.48 Å². The van der Waals surface area contributed by atoms with Gasteiger partial charge in [-0.1, -0.05) is 0 Å². The summed E-state index contributed by atoms with van der Waals surface area (Å²) in [5, 5.41) is 8.13. The highest BCUT2D eigenvalue weighted by molar-refractivity contribution is 7.90. The van der Waals surface area contributed by atoms with E-state index in [1.807, 2.05) is 0 Å². The van der Waals surface area contributed by atoms with Crippen LogP contribution in [0.3, 0.4) is 0 Å². The van der Waals surface area contributed by atoms with Crippen molar-refractivity contribution in [3.05, 3.63) is 46.7 Å². The SMILES string of the molecule is Cn1ncc(NC(=O)c2csc(-c3c(F)ccc(S(C)(=O)=O)c3F)n2)c1C1CCC(N)CCO1. The number of hydrogen-bond acceptors (Lipinski definition) is 8. The molecule has 3 heterocycles. The van der Waals surface area contributed by atoms with Crippen LogP contribution in [-0.4, -0.2) is 48.0 Å². The Morgan fingerprint density at radius 1 is 1.29 bits per heavy atom. The summed E-state index contributed by atoms with van der Waals surface area (Å²) in [4.78, 5) is 16.3. The lowest BCUT2D eigenvalue weighted by atomic mass is 10.1. The smallest absolute Gasteiger partial charge is 0.275 e. The maximum atomic E-state index is 14.8. The van der Waals surface area contributed by atoms with Gasteiger partial charge < -0.3 is 15.8 Å². The average molecular weight is 512 g/mol. The number of carbonyl (C=O) groups excluding carboxylic acids is 1. The van der Waals surface area contributed by atoms with E-state index in [9.17, 15) is 22.0 Å². The molecule has 3 aromatic rings. The van der Waals surface area contributed by atoms with Crippen molar-refractivity contribution < 1.29 is 26.7 Å². The molecule has 2 unspecified atom stereocenters. The molecule has 3 N–H and O–H groups in total. The zero-order chi connectivity index (χ0) is 24.6. The molecule has 9 nitrogen and oxygen atoms in total. The van der Waals surface area contributed by atoms with E-state index in [4.69, 9.17) is 10.5 Å². The molecule has 1 fully saturated rings. The van der Waals surface area contributed by atoms with E-state index in [2.05, 4.69) is 15.4 Å². The van der Waals surface area contributed by atoms with Gasteiger partial charge in [0.05, 0.1) is 23.1 Å². The lowest BCUT2D eigenvalue weighted by molar-refractivity contribution is 0.0529. The number of aromatic nitrogens is 3. The number of halogens is 2. The van der Waals surface area contributed by atoms with Crippen molar-refractivity contribution in [3.8, 4) is 10.6 Å². The van der Waals surface area contributed by atoms with Crippen molar-refractivity contribution >= 4 is 32.8 Å². The second-order valence-corrected chi connectivity index (χ2v) is 10.9. The number of nitrogens with two attached hydrogens (primary N) is 1. The second kappa shape index (κ2) is 9.49. The first kappa shape index (κ1) is 24.4. The van der Waals surface area contributed by atoms with Gasteiger partial charge in [0.15, 0.2) is 15.7 Å². The van der Waals surface area contributed by atoms with Crippen molar-refractivity contribution in [2.75, 3.05) is 18.2 Å². The number of ether oxygens (including phenoxy) is 1. The summed E-state index contributed by atoms with van der Waals surface area (Å²) in [6.45, 7) is 0.490. The number of hydrogen-bond donors (Lipinski definition) is 2. The molecule has 0 saturated carbocycles. The summed E-state index contributed by atoms with van der Waals surface area (Å²) in [6.07, 6.45) is 4.19. The fourth-order valence-corrected chi connectivity index (χ4v) is 5.37. The first-order valence-corrected chi connectivity index (χ1v) is 13.2. The van der Waals surface area contributed by atoms with Gasteiger partial charge in [-0.2, -0.15) is 5.10 Å². The maximum Gasteiger partial charge on any atom is 0.275 e. The minimum atomic E-state index is -3.92. The Labute approximate surface area is 198 Å². The molecule has 1 aliphatic rings. The Hall–Kier alpha value is -2.74. The minimum Gasteiger partial charge on any atom is -0.372 e. The molecule has 34 heavy (non-hydrogen) atoms. The van der Waals surface area contributed by atoms with Crippen molar-refractivity contribution in [3.63, 3.8) is 0 Å². The number of aryl methyl sites for hydroxylation is 1. The predicted molar refractivity (Wildman–Crippen MR) is 122 cm³/mol. The van der Waals surface area contributed by atoms with E-state index in [0.717, 1.165) is 42.6 Å². The van der Waals surface area contributed by atoms with Crippen molar-refractivity contribution in [2.24, 2.45) is 12.8 Å². The van der Waals surface area contributed by atoms with Crippen LogP contribution in [0.2, 0.25) is 0 Å².